The molecule has 128 valence electrons. The van der Waals surface area contributed by atoms with Crippen LogP contribution in [0.5, 0.6) is 0 Å². The van der Waals surface area contributed by atoms with E-state index in [0.717, 1.165) is 6.20 Å². The minimum atomic E-state index is -0.650. The number of nitrogens with two attached hydrogens (primary N) is 1. The zero-order valence-electron chi connectivity index (χ0n) is 13.3. The van der Waals surface area contributed by atoms with Gasteiger partial charge in [0.05, 0.1) is 4.92 Å². The Morgan fingerprint density at radius 3 is 2.88 bits per heavy atom. The highest BCUT2D eigenvalue weighted by Crippen LogP contribution is 2.19. The minimum absolute atomic E-state index is 0.0651. The van der Waals surface area contributed by atoms with Crippen LogP contribution < -0.4 is 11.1 Å². The molecule has 1 amide bonds. The summed E-state index contributed by atoms with van der Waals surface area (Å²) in [6, 6.07) is 1.70. The number of aryl methyl sites for hydroxylation is 1. The van der Waals surface area contributed by atoms with Gasteiger partial charge in [0.2, 0.25) is 17.7 Å². The summed E-state index contributed by atoms with van der Waals surface area (Å²) < 4.78 is 1.68. The molecule has 0 aliphatic rings. The summed E-state index contributed by atoms with van der Waals surface area (Å²) in [5, 5.41) is 17.7. The molecule has 2 heterocycles. The van der Waals surface area contributed by atoms with Crippen molar-refractivity contribution in [3.8, 4) is 0 Å². The number of anilines is 3. The maximum Gasteiger partial charge on any atom is 0.329 e. The fourth-order valence-corrected chi connectivity index (χ4v) is 1.87. The molecule has 0 spiro atoms. The molecule has 0 atom stereocenters. The van der Waals surface area contributed by atoms with Crippen molar-refractivity contribution in [2.45, 2.75) is 19.4 Å². The number of nitrogen functional groups attached to an aromatic ring is 1. The molecule has 0 aliphatic heterocycles. The molecule has 2 rings (SSSR count). The van der Waals surface area contributed by atoms with Crippen molar-refractivity contribution in [3.05, 3.63) is 28.6 Å². The highest BCUT2D eigenvalue weighted by molar-refractivity contribution is 5.75. The maximum absolute atomic E-state index is 11.5. The van der Waals surface area contributed by atoms with Gasteiger partial charge >= 0.3 is 5.69 Å². The zero-order valence-corrected chi connectivity index (χ0v) is 13.3. The van der Waals surface area contributed by atoms with E-state index >= 15 is 0 Å². The van der Waals surface area contributed by atoms with Crippen LogP contribution in [0.2, 0.25) is 0 Å². The van der Waals surface area contributed by atoms with Crippen molar-refractivity contribution in [2.75, 3.05) is 25.1 Å². The number of nitrogens with zero attached hydrogens (tertiary/aromatic N) is 6. The van der Waals surface area contributed by atoms with Crippen molar-refractivity contribution in [1.29, 1.82) is 0 Å². The molecule has 11 heteroatoms. The topological polar surface area (TPSA) is 145 Å². The van der Waals surface area contributed by atoms with E-state index in [4.69, 9.17) is 5.73 Å². The number of nitrogens with one attached hydrogen (secondary N) is 1. The van der Waals surface area contributed by atoms with Crippen molar-refractivity contribution in [2.24, 2.45) is 0 Å². The number of carbonyl (C=O) groups excluding carboxylic acids is 1. The molecule has 2 aromatic rings. The monoisotopic (exact) mass is 334 g/mol. The molecular weight excluding hydrogens is 316 g/mol. The van der Waals surface area contributed by atoms with Gasteiger partial charge in [-0.2, -0.15) is 10.1 Å². The van der Waals surface area contributed by atoms with Gasteiger partial charge in [0.15, 0.2) is 5.82 Å². The molecule has 0 saturated heterocycles. The number of carbonyl (C=O) groups is 1. The van der Waals surface area contributed by atoms with Crippen LogP contribution in [0.25, 0.3) is 0 Å². The number of aromatic nitrogens is 4. The van der Waals surface area contributed by atoms with Gasteiger partial charge in [0.1, 0.15) is 6.20 Å². The number of nitro groups is 1. The van der Waals surface area contributed by atoms with Crippen LogP contribution in [0, 0.1) is 10.1 Å². The van der Waals surface area contributed by atoms with Crippen molar-refractivity contribution in [3.63, 3.8) is 0 Å². The standard InChI is InChI=1S/C13H18N8O3/c1-19(2)11(22)4-3-6-20-7-5-10(18-20)16-13-15-8-9(21(23)24)12(14)17-13/h5,7-8H,3-4,6H2,1-2H3,(H3,14,15,16,17,18). The Kier molecular flexibility index (Phi) is 5.24. The van der Waals surface area contributed by atoms with Gasteiger partial charge in [-0.15, -0.1) is 0 Å². The first-order chi connectivity index (χ1) is 11.4. The second kappa shape index (κ2) is 7.35. The lowest BCUT2D eigenvalue weighted by Crippen LogP contribution is -2.21. The normalized spacial score (nSPS) is 10.4. The van der Waals surface area contributed by atoms with Crippen LogP contribution in [0.3, 0.4) is 0 Å². The van der Waals surface area contributed by atoms with E-state index in [2.05, 4.69) is 20.4 Å². The van der Waals surface area contributed by atoms with E-state index in [0.29, 0.717) is 25.2 Å². The smallest absolute Gasteiger partial charge is 0.329 e. The van der Waals surface area contributed by atoms with Crippen molar-refractivity contribution < 1.29 is 9.72 Å². The zero-order chi connectivity index (χ0) is 17.7. The second-order valence-electron chi connectivity index (χ2n) is 5.20. The fraction of sp³-hybridized carbons (Fsp3) is 0.385. The molecule has 3 N–H and O–H groups in total. The first-order valence-electron chi connectivity index (χ1n) is 7.14. The average molecular weight is 334 g/mol. The summed E-state index contributed by atoms with van der Waals surface area (Å²) in [7, 11) is 3.43. The first kappa shape index (κ1) is 17.1. The van der Waals surface area contributed by atoms with Gasteiger partial charge in [-0.05, 0) is 6.42 Å². The Hall–Kier alpha value is -3.24. The summed E-state index contributed by atoms with van der Waals surface area (Å²) in [6.45, 7) is 0.588. The number of amides is 1. The van der Waals surface area contributed by atoms with Crippen LogP contribution in [-0.2, 0) is 11.3 Å². The van der Waals surface area contributed by atoms with Crippen molar-refractivity contribution in [1.82, 2.24) is 24.6 Å². The number of rotatable bonds is 7. The summed E-state index contributed by atoms with van der Waals surface area (Å²) in [5.41, 5.74) is 5.15. The Bertz CT molecular complexity index is 743. The third kappa shape index (κ3) is 4.38. The van der Waals surface area contributed by atoms with E-state index in [1.165, 1.54) is 0 Å². The lowest BCUT2D eigenvalue weighted by molar-refractivity contribution is -0.384. The quantitative estimate of drug-likeness (QED) is 0.558. The van der Waals surface area contributed by atoms with E-state index < -0.39 is 4.92 Å². The Morgan fingerprint density at radius 2 is 2.25 bits per heavy atom. The van der Waals surface area contributed by atoms with Crippen molar-refractivity contribution >= 4 is 29.2 Å². The molecule has 0 aromatic carbocycles. The van der Waals surface area contributed by atoms with E-state index in [1.54, 1.807) is 35.9 Å². The SMILES string of the molecule is CN(C)C(=O)CCCn1ccc(Nc2ncc([N+](=O)[O-])c(N)n2)n1. The van der Waals surface area contributed by atoms with Gasteiger partial charge in [-0.1, -0.05) is 0 Å². The Labute approximate surface area is 137 Å². The summed E-state index contributed by atoms with van der Waals surface area (Å²) in [6.07, 6.45) is 3.89. The van der Waals surface area contributed by atoms with Gasteiger partial charge in [-0.3, -0.25) is 19.6 Å². The van der Waals surface area contributed by atoms with Crippen LogP contribution in [0.15, 0.2) is 18.5 Å². The van der Waals surface area contributed by atoms with Gasteiger partial charge < -0.3 is 16.0 Å². The second-order valence-corrected chi connectivity index (χ2v) is 5.20. The summed E-state index contributed by atoms with van der Waals surface area (Å²) >= 11 is 0. The summed E-state index contributed by atoms with van der Waals surface area (Å²) in [4.78, 5) is 30.7. The molecule has 0 bridgehead atoms. The fourth-order valence-electron chi connectivity index (χ4n) is 1.87. The molecule has 2 aromatic heterocycles. The predicted molar refractivity (Wildman–Crippen MR) is 86.5 cm³/mol. The summed E-state index contributed by atoms with van der Waals surface area (Å²) in [5.74, 6) is 0.433. The van der Waals surface area contributed by atoms with Crippen LogP contribution in [-0.4, -0.2) is 49.6 Å². The molecular formula is C13H18N8O3. The van der Waals surface area contributed by atoms with E-state index in [1.807, 2.05) is 0 Å². The highest BCUT2D eigenvalue weighted by atomic mass is 16.6. The van der Waals surface area contributed by atoms with Gasteiger partial charge in [0.25, 0.3) is 0 Å². The highest BCUT2D eigenvalue weighted by Gasteiger charge is 2.14. The Morgan fingerprint density at radius 1 is 1.50 bits per heavy atom. The average Bonchev–Trinajstić information content (AvgIpc) is 2.94. The number of hydrogen-bond donors (Lipinski definition) is 2. The van der Waals surface area contributed by atoms with Crippen LogP contribution >= 0.6 is 0 Å². The van der Waals surface area contributed by atoms with Crippen LogP contribution in [0.1, 0.15) is 12.8 Å². The molecule has 24 heavy (non-hydrogen) atoms. The lowest BCUT2D eigenvalue weighted by Gasteiger charge is -2.09. The molecule has 0 saturated carbocycles. The molecule has 0 radical (unpaired) electrons. The third-order valence-electron chi connectivity index (χ3n) is 3.15. The van der Waals surface area contributed by atoms with E-state index in [9.17, 15) is 14.9 Å². The van der Waals surface area contributed by atoms with Crippen LogP contribution in [0.4, 0.5) is 23.3 Å². The maximum atomic E-state index is 11.5. The first-order valence-corrected chi connectivity index (χ1v) is 7.14. The third-order valence-corrected chi connectivity index (χ3v) is 3.15. The number of hydrogen-bond acceptors (Lipinski definition) is 8. The van der Waals surface area contributed by atoms with Gasteiger partial charge in [0, 0.05) is 39.3 Å². The largest absolute Gasteiger partial charge is 0.378 e. The predicted octanol–water partition coefficient (Wildman–Crippen LogP) is 0.775. The Balaban J connectivity index is 1.93. The lowest BCUT2D eigenvalue weighted by atomic mass is 10.3. The van der Waals surface area contributed by atoms with Gasteiger partial charge in [-0.25, -0.2) is 4.98 Å². The minimum Gasteiger partial charge on any atom is -0.378 e. The van der Waals surface area contributed by atoms with E-state index in [-0.39, 0.29) is 23.4 Å². The molecule has 0 unspecified atom stereocenters. The molecule has 0 fully saturated rings. The molecule has 0 aliphatic carbocycles. The molecule has 11 nitrogen and oxygen atoms in total.